The smallest absolute Gasteiger partial charge is 0.190 e. The fourth-order valence-electron chi connectivity index (χ4n) is 3.67. The van der Waals surface area contributed by atoms with Gasteiger partial charge in [-0.25, -0.2) is 8.78 Å². The Morgan fingerprint density at radius 1 is 1.24 bits per heavy atom. The molecule has 1 saturated heterocycles. The highest BCUT2D eigenvalue weighted by Gasteiger charge is 2.37. The molecule has 1 atom stereocenters. The predicted octanol–water partition coefficient (Wildman–Crippen LogP) is 3.37. The van der Waals surface area contributed by atoms with Gasteiger partial charge < -0.3 is 20.5 Å². The van der Waals surface area contributed by atoms with Crippen molar-refractivity contribution in [3.05, 3.63) is 28.2 Å². The maximum atomic E-state index is 13.7. The Kier molecular flexibility index (Phi) is 6.46. The molecule has 0 spiro atoms. The van der Waals surface area contributed by atoms with Gasteiger partial charge in [0, 0.05) is 28.1 Å². The molecule has 2 rings (SSSR count). The van der Waals surface area contributed by atoms with Crippen LogP contribution in [0.5, 0.6) is 5.75 Å². The number of ether oxygens (including phenoxy) is 1. The zero-order valence-corrected chi connectivity index (χ0v) is 16.7. The van der Waals surface area contributed by atoms with E-state index >= 15 is 0 Å². The minimum absolute atomic E-state index is 0.00452. The second kappa shape index (κ2) is 7.86. The second-order valence-electron chi connectivity index (χ2n) is 8.07. The average molecular weight is 421 g/mol. The van der Waals surface area contributed by atoms with Gasteiger partial charge in [0.1, 0.15) is 12.7 Å². The second-order valence-corrected chi connectivity index (χ2v) is 8.99. The Hall–Kier alpha value is -0.760. The first-order valence-electron chi connectivity index (χ1n) is 8.45. The minimum Gasteiger partial charge on any atom is -0.485 e. The third kappa shape index (κ3) is 6.16. The van der Waals surface area contributed by atoms with Gasteiger partial charge >= 0.3 is 0 Å². The van der Waals surface area contributed by atoms with Crippen LogP contribution in [0, 0.1) is 11.6 Å². The molecule has 7 heteroatoms. The van der Waals surface area contributed by atoms with Crippen molar-refractivity contribution < 1.29 is 18.6 Å². The van der Waals surface area contributed by atoms with Crippen molar-refractivity contribution in [2.45, 2.75) is 63.8 Å². The van der Waals surface area contributed by atoms with E-state index in [1.54, 1.807) is 0 Å². The molecule has 1 fully saturated rings. The van der Waals surface area contributed by atoms with Crippen LogP contribution in [-0.2, 0) is 0 Å². The molecule has 0 radical (unpaired) electrons. The monoisotopic (exact) mass is 420 g/mol. The molecule has 0 aliphatic carbocycles. The maximum Gasteiger partial charge on any atom is 0.190 e. The van der Waals surface area contributed by atoms with Gasteiger partial charge in [0.25, 0.3) is 0 Å². The zero-order valence-electron chi connectivity index (χ0n) is 15.1. The van der Waals surface area contributed by atoms with Gasteiger partial charge in [0.15, 0.2) is 17.4 Å². The average Bonchev–Trinajstić information content (AvgIpc) is 2.40. The van der Waals surface area contributed by atoms with Gasteiger partial charge in [0.05, 0.1) is 0 Å². The molecule has 3 N–H and O–H groups in total. The van der Waals surface area contributed by atoms with Gasteiger partial charge in [-0.3, -0.25) is 0 Å². The predicted molar refractivity (Wildman–Crippen MR) is 97.9 cm³/mol. The summed E-state index contributed by atoms with van der Waals surface area (Å²) in [6, 6.07) is 2.51. The van der Waals surface area contributed by atoms with E-state index in [-0.39, 0.29) is 23.7 Å². The molecule has 1 aliphatic rings. The third-order valence-electron chi connectivity index (χ3n) is 4.22. The Morgan fingerprint density at radius 2 is 1.76 bits per heavy atom. The summed E-state index contributed by atoms with van der Waals surface area (Å²) in [6.07, 6.45) is 1.00. The summed E-state index contributed by atoms with van der Waals surface area (Å²) in [5.74, 6) is -2.06. The van der Waals surface area contributed by atoms with Gasteiger partial charge in [0.2, 0.25) is 0 Å². The van der Waals surface area contributed by atoms with Crippen molar-refractivity contribution in [2.75, 3.05) is 13.2 Å². The number of aliphatic hydroxyl groups excluding tert-OH is 1. The SMILES string of the molecule is CC1(C)CC(NCC(O)COc2c(F)cc(Br)cc2F)CC(C)(C)N1. The number of piperidine rings is 1. The van der Waals surface area contributed by atoms with E-state index in [0.29, 0.717) is 11.0 Å². The molecule has 4 nitrogen and oxygen atoms in total. The van der Waals surface area contributed by atoms with Crippen LogP contribution in [-0.4, -0.2) is 41.5 Å². The molecule has 1 aliphatic heterocycles. The number of rotatable bonds is 6. The number of aliphatic hydroxyl groups is 1. The van der Waals surface area contributed by atoms with Crippen molar-refractivity contribution in [2.24, 2.45) is 0 Å². The van der Waals surface area contributed by atoms with E-state index in [4.69, 9.17) is 4.74 Å². The van der Waals surface area contributed by atoms with Crippen LogP contribution < -0.4 is 15.4 Å². The molecular formula is C18H27BrF2N2O2. The van der Waals surface area contributed by atoms with Gasteiger partial charge in [-0.05, 0) is 52.7 Å². The van der Waals surface area contributed by atoms with Crippen LogP contribution in [0.1, 0.15) is 40.5 Å². The molecule has 25 heavy (non-hydrogen) atoms. The number of halogens is 3. The van der Waals surface area contributed by atoms with Crippen LogP contribution in [0.3, 0.4) is 0 Å². The van der Waals surface area contributed by atoms with E-state index in [9.17, 15) is 13.9 Å². The lowest BCUT2D eigenvalue weighted by molar-refractivity contribution is 0.0869. The molecule has 0 saturated carbocycles. The Labute approximate surface area is 156 Å². The molecule has 0 bridgehead atoms. The Balaban J connectivity index is 1.84. The number of hydrogen-bond donors (Lipinski definition) is 3. The van der Waals surface area contributed by atoms with Gasteiger partial charge in [-0.1, -0.05) is 15.9 Å². The highest BCUT2D eigenvalue weighted by molar-refractivity contribution is 9.10. The number of nitrogens with one attached hydrogen (secondary N) is 2. The molecule has 1 heterocycles. The largest absolute Gasteiger partial charge is 0.485 e. The summed E-state index contributed by atoms with van der Waals surface area (Å²) in [7, 11) is 0. The summed E-state index contributed by atoms with van der Waals surface area (Å²) in [4.78, 5) is 0. The zero-order chi connectivity index (χ0) is 18.8. The summed E-state index contributed by atoms with van der Waals surface area (Å²) >= 11 is 3.01. The van der Waals surface area contributed by atoms with E-state index in [2.05, 4.69) is 54.3 Å². The van der Waals surface area contributed by atoms with Crippen molar-refractivity contribution in [3.8, 4) is 5.75 Å². The molecule has 1 aromatic carbocycles. The fourth-order valence-corrected chi connectivity index (χ4v) is 4.08. The van der Waals surface area contributed by atoms with E-state index < -0.39 is 23.5 Å². The highest BCUT2D eigenvalue weighted by atomic mass is 79.9. The maximum absolute atomic E-state index is 13.7. The third-order valence-corrected chi connectivity index (χ3v) is 4.67. The van der Waals surface area contributed by atoms with E-state index in [0.717, 1.165) is 25.0 Å². The molecule has 1 aromatic rings. The lowest BCUT2D eigenvalue weighted by Gasteiger charge is -2.47. The van der Waals surface area contributed by atoms with Crippen LogP contribution >= 0.6 is 15.9 Å². The first-order chi connectivity index (χ1) is 11.5. The van der Waals surface area contributed by atoms with Crippen LogP contribution in [0.4, 0.5) is 8.78 Å². The van der Waals surface area contributed by atoms with Crippen LogP contribution in [0.2, 0.25) is 0 Å². The quantitative estimate of drug-likeness (QED) is 0.660. The Morgan fingerprint density at radius 3 is 2.28 bits per heavy atom. The standard InChI is InChI=1S/C18H27BrF2N2O2/c1-17(2)7-12(8-18(3,4)23-17)22-9-13(24)10-25-16-14(20)5-11(19)6-15(16)21/h5-6,12-13,22-24H,7-10H2,1-4H3. The normalized spacial score (nSPS) is 21.1. The number of benzene rings is 1. The molecule has 0 aromatic heterocycles. The van der Waals surface area contributed by atoms with Crippen molar-refractivity contribution in [3.63, 3.8) is 0 Å². The van der Waals surface area contributed by atoms with Crippen LogP contribution in [0.15, 0.2) is 16.6 Å². The first kappa shape index (κ1) is 20.6. The summed E-state index contributed by atoms with van der Waals surface area (Å²) in [5, 5.41) is 17.0. The lowest BCUT2D eigenvalue weighted by Crippen LogP contribution is -2.62. The van der Waals surface area contributed by atoms with Crippen LogP contribution in [0.25, 0.3) is 0 Å². The summed E-state index contributed by atoms with van der Waals surface area (Å²) in [5.41, 5.74) is 0.00903. The summed E-state index contributed by atoms with van der Waals surface area (Å²) < 4.78 is 32.9. The van der Waals surface area contributed by atoms with Gasteiger partial charge in [-0.2, -0.15) is 0 Å². The summed E-state index contributed by atoms with van der Waals surface area (Å²) in [6.45, 7) is 8.74. The number of hydrogen-bond acceptors (Lipinski definition) is 4. The van der Waals surface area contributed by atoms with E-state index in [1.165, 1.54) is 0 Å². The first-order valence-corrected chi connectivity index (χ1v) is 9.25. The van der Waals surface area contributed by atoms with Crippen molar-refractivity contribution in [1.82, 2.24) is 10.6 Å². The molecule has 0 amide bonds. The Bertz CT molecular complexity index is 572. The minimum atomic E-state index is -0.858. The molecular weight excluding hydrogens is 394 g/mol. The van der Waals surface area contributed by atoms with E-state index in [1.807, 2.05) is 0 Å². The van der Waals surface area contributed by atoms with Gasteiger partial charge in [-0.15, -0.1) is 0 Å². The molecule has 1 unspecified atom stereocenters. The van der Waals surface area contributed by atoms with Crippen molar-refractivity contribution >= 4 is 15.9 Å². The van der Waals surface area contributed by atoms with Crippen molar-refractivity contribution in [1.29, 1.82) is 0 Å². The molecule has 142 valence electrons. The topological polar surface area (TPSA) is 53.5 Å². The fraction of sp³-hybridized carbons (Fsp3) is 0.667. The lowest BCUT2D eigenvalue weighted by atomic mass is 9.79. The highest BCUT2D eigenvalue weighted by Crippen LogP contribution is 2.28.